The van der Waals surface area contributed by atoms with Gasteiger partial charge in [0.15, 0.2) is 5.82 Å². The molecule has 1 aromatic heterocycles. The van der Waals surface area contributed by atoms with Crippen molar-refractivity contribution in [3.05, 3.63) is 47.7 Å². The van der Waals surface area contributed by atoms with Crippen LogP contribution in [0.4, 0.5) is 5.82 Å². The number of morpholine rings is 1. The Balaban J connectivity index is 1.41. The van der Waals surface area contributed by atoms with Crippen molar-refractivity contribution in [2.24, 2.45) is 0 Å². The van der Waals surface area contributed by atoms with Gasteiger partial charge in [-0.2, -0.15) is 0 Å². The summed E-state index contributed by atoms with van der Waals surface area (Å²) in [5.74, 6) is -0.677. The molecule has 8 nitrogen and oxygen atoms in total. The fraction of sp³-hybridized carbons (Fsp3) is 0.389. The number of ether oxygens (including phenoxy) is 1. The van der Waals surface area contributed by atoms with Crippen LogP contribution < -0.4 is 10.6 Å². The first-order valence-electron chi connectivity index (χ1n) is 8.53. The van der Waals surface area contributed by atoms with Gasteiger partial charge in [-0.15, -0.1) is 0 Å². The number of aromatic nitrogens is 1. The molecule has 0 unspecified atom stereocenters. The number of hydrogen-bond acceptors (Lipinski definition) is 6. The van der Waals surface area contributed by atoms with E-state index in [0.717, 1.165) is 18.7 Å². The Bertz CT molecular complexity index is 747. The Morgan fingerprint density at radius 3 is 2.81 bits per heavy atom. The lowest BCUT2D eigenvalue weighted by Gasteiger charge is -2.33. The van der Waals surface area contributed by atoms with Gasteiger partial charge in [-0.3, -0.25) is 19.8 Å². The predicted molar refractivity (Wildman–Crippen MR) is 94.5 cm³/mol. The minimum Gasteiger partial charge on any atom is -0.371 e. The predicted octanol–water partition coefficient (Wildman–Crippen LogP) is 1.11. The quantitative estimate of drug-likeness (QED) is 0.778. The maximum atomic E-state index is 11.9. The van der Waals surface area contributed by atoms with Gasteiger partial charge in [0.1, 0.15) is 5.76 Å². The maximum absolute atomic E-state index is 11.9. The van der Waals surface area contributed by atoms with Crippen molar-refractivity contribution >= 4 is 17.6 Å². The highest BCUT2D eigenvalue weighted by Gasteiger charge is 2.22. The molecule has 1 fully saturated rings. The average Bonchev–Trinajstić information content (AvgIpc) is 3.07. The molecule has 26 heavy (non-hydrogen) atoms. The third-order valence-corrected chi connectivity index (χ3v) is 4.11. The lowest BCUT2D eigenvalue weighted by molar-refractivity contribution is -0.136. The minimum atomic E-state index is -0.762. The van der Waals surface area contributed by atoms with Crippen molar-refractivity contribution in [1.82, 2.24) is 15.4 Å². The molecule has 1 atom stereocenters. The van der Waals surface area contributed by atoms with E-state index >= 15 is 0 Å². The number of nitrogens with zero attached hydrogens (tertiary/aromatic N) is 2. The van der Waals surface area contributed by atoms with Gasteiger partial charge in [-0.25, -0.2) is 0 Å². The van der Waals surface area contributed by atoms with E-state index in [2.05, 4.69) is 20.7 Å². The smallest absolute Gasteiger partial charge is 0.314 e. The van der Waals surface area contributed by atoms with Crippen LogP contribution in [0.3, 0.4) is 0 Å². The highest BCUT2D eigenvalue weighted by molar-refractivity contribution is 6.39. The summed E-state index contributed by atoms with van der Waals surface area (Å²) in [6.07, 6.45) is 0.0272. The van der Waals surface area contributed by atoms with E-state index in [9.17, 15) is 9.59 Å². The zero-order chi connectivity index (χ0) is 18.4. The number of amides is 2. The normalized spacial score (nSPS) is 17.7. The van der Waals surface area contributed by atoms with E-state index < -0.39 is 11.8 Å². The van der Waals surface area contributed by atoms with E-state index in [0.29, 0.717) is 25.5 Å². The van der Waals surface area contributed by atoms with Crippen LogP contribution in [0.2, 0.25) is 0 Å². The van der Waals surface area contributed by atoms with Crippen molar-refractivity contribution in [3.63, 3.8) is 0 Å². The molecule has 1 aliphatic rings. The van der Waals surface area contributed by atoms with Crippen molar-refractivity contribution in [3.8, 4) is 0 Å². The van der Waals surface area contributed by atoms with Crippen LogP contribution in [-0.4, -0.2) is 54.7 Å². The molecule has 0 aliphatic carbocycles. The molecular formula is C18H22N4O4. The Kier molecular flexibility index (Phi) is 5.98. The van der Waals surface area contributed by atoms with Crippen LogP contribution in [-0.2, 0) is 14.3 Å². The lowest BCUT2D eigenvalue weighted by Crippen LogP contribution is -2.44. The van der Waals surface area contributed by atoms with Gasteiger partial charge in [-0.05, 0) is 12.5 Å². The van der Waals surface area contributed by atoms with Crippen LogP contribution in [0.5, 0.6) is 0 Å². The van der Waals surface area contributed by atoms with E-state index in [1.807, 2.05) is 30.3 Å². The summed E-state index contributed by atoms with van der Waals surface area (Å²) < 4.78 is 10.7. The molecule has 0 spiro atoms. The highest BCUT2D eigenvalue weighted by atomic mass is 16.5. The monoisotopic (exact) mass is 358 g/mol. The van der Waals surface area contributed by atoms with Crippen molar-refractivity contribution in [2.45, 2.75) is 13.0 Å². The van der Waals surface area contributed by atoms with Crippen LogP contribution in [0, 0.1) is 6.92 Å². The first-order valence-corrected chi connectivity index (χ1v) is 8.53. The maximum Gasteiger partial charge on any atom is 0.314 e. The molecule has 1 saturated heterocycles. The Labute approximate surface area is 151 Å². The third kappa shape index (κ3) is 4.90. The van der Waals surface area contributed by atoms with Crippen molar-refractivity contribution < 1.29 is 18.8 Å². The topological polar surface area (TPSA) is 96.7 Å². The number of benzene rings is 1. The molecular weight excluding hydrogens is 336 g/mol. The van der Waals surface area contributed by atoms with Crippen LogP contribution in [0.1, 0.15) is 17.4 Å². The minimum absolute atomic E-state index is 0.0272. The summed E-state index contributed by atoms with van der Waals surface area (Å²) in [4.78, 5) is 25.9. The Morgan fingerprint density at radius 2 is 2.08 bits per heavy atom. The standard InChI is InChI=1S/C18H22N4O4/c1-13-11-16(21-26-13)20-18(24)17(23)19-7-8-22-9-10-25-15(12-22)14-5-3-2-4-6-14/h2-6,11,15H,7-10,12H2,1H3,(H,19,23)(H,20,21,24)/t15-/m1/s1. The van der Waals surface area contributed by atoms with Crippen LogP contribution in [0.15, 0.2) is 40.9 Å². The number of anilines is 1. The van der Waals surface area contributed by atoms with Gasteiger partial charge >= 0.3 is 11.8 Å². The van der Waals surface area contributed by atoms with Crippen LogP contribution >= 0.6 is 0 Å². The van der Waals surface area contributed by atoms with Gasteiger partial charge in [0.05, 0.1) is 12.7 Å². The summed E-state index contributed by atoms with van der Waals surface area (Å²) in [5.41, 5.74) is 1.14. The summed E-state index contributed by atoms with van der Waals surface area (Å²) in [6, 6.07) is 11.6. The molecule has 2 amide bonds. The molecule has 8 heteroatoms. The summed E-state index contributed by atoms with van der Waals surface area (Å²) in [5, 5.41) is 8.63. The van der Waals surface area contributed by atoms with Crippen LogP contribution in [0.25, 0.3) is 0 Å². The van der Waals surface area contributed by atoms with Crippen molar-refractivity contribution in [2.75, 3.05) is 38.1 Å². The molecule has 2 N–H and O–H groups in total. The average molecular weight is 358 g/mol. The first kappa shape index (κ1) is 18.1. The largest absolute Gasteiger partial charge is 0.371 e. The fourth-order valence-electron chi connectivity index (χ4n) is 2.78. The number of rotatable bonds is 5. The zero-order valence-corrected chi connectivity index (χ0v) is 14.6. The highest BCUT2D eigenvalue weighted by Crippen LogP contribution is 2.21. The molecule has 1 aromatic carbocycles. The SMILES string of the molecule is Cc1cc(NC(=O)C(=O)NCCN2CCO[C@@H](c3ccccc3)C2)no1. The Hall–Kier alpha value is -2.71. The zero-order valence-electron chi connectivity index (χ0n) is 14.6. The number of hydrogen-bond donors (Lipinski definition) is 2. The summed E-state index contributed by atoms with van der Waals surface area (Å²) in [6.45, 7) is 4.92. The van der Waals surface area contributed by atoms with Gasteiger partial charge < -0.3 is 14.6 Å². The molecule has 0 bridgehead atoms. The summed E-state index contributed by atoms with van der Waals surface area (Å²) in [7, 11) is 0. The van der Waals surface area contributed by atoms with Gasteiger partial charge in [0, 0.05) is 32.2 Å². The summed E-state index contributed by atoms with van der Waals surface area (Å²) >= 11 is 0. The number of carbonyl (C=O) groups is 2. The molecule has 2 heterocycles. The van der Waals surface area contributed by atoms with Crippen molar-refractivity contribution in [1.29, 1.82) is 0 Å². The number of nitrogens with one attached hydrogen (secondary N) is 2. The Morgan fingerprint density at radius 1 is 1.27 bits per heavy atom. The second kappa shape index (κ2) is 8.59. The number of aryl methyl sites for hydroxylation is 1. The number of carbonyl (C=O) groups excluding carboxylic acids is 2. The van der Waals surface area contributed by atoms with Gasteiger partial charge in [0.2, 0.25) is 0 Å². The molecule has 1 aliphatic heterocycles. The van der Waals surface area contributed by atoms with Gasteiger partial charge in [-0.1, -0.05) is 35.5 Å². The van der Waals surface area contributed by atoms with E-state index in [1.54, 1.807) is 13.0 Å². The van der Waals surface area contributed by atoms with Gasteiger partial charge in [0.25, 0.3) is 0 Å². The molecule has 0 radical (unpaired) electrons. The molecule has 0 saturated carbocycles. The molecule has 2 aromatic rings. The second-order valence-electron chi connectivity index (χ2n) is 6.10. The first-order chi connectivity index (χ1) is 12.6. The third-order valence-electron chi connectivity index (χ3n) is 4.11. The van der Waals surface area contributed by atoms with E-state index in [1.165, 1.54) is 0 Å². The molecule has 138 valence electrons. The van der Waals surface area contributed by atoms with E-state index in [-0.39, 0.29) is 11.9 Å². The lowest BCUT2D eigenvalue weighted by atomic mass is 10.1. The fourth-order valence-corrected chi connectivity index (χ4v) is 2.78. The second-order valence-corrected chi connectivity index (χ2v) is 6.10. The van der Waals surface area contributed by atoms with E-state index in [4.69, 9.17) is 9.26 Å². The molecule has 3 rings (SSSR count).